The summed E-state index contributed by atoms with van der Waals surface area (Å²) in [5.74, 6) is 0.450. The van der Waals surface area contributed by atoms with Gasteiger partial charge < -0.3 is 25.4 Å². The van der Waals surface area contributed by atoms with Crippen LogP contribution >= 0.6 is 23.2 Å². The highest BCUT2D eigenvalue weighted by molar-refractivity contribution is 6.42. The largest absolute Gasteiger partial charge is 0.388 e. The summed E-state index contributed by atoms with van der Waals surface area (Å²) in [5, 5.41) is 33.9. The smallest absolute Gasteiger partial charge is 0.206 e. The fourth-order valence-corrected chi connectivity index (χ4v) is 3.04. The average Bonchev–Trinajstić information content (AvgIpc) is 2.82. The van der Waals surface area contributed by atoms with Crippen molar-refractivity contribution >= 4 is 40.2 Å². The van der Waals surface area contributed by atoms with Gasteiger partial charge in [0, 0.05) is 6.04 Å². The lowest BCUT2D eigenvalue weighted by Crippen LogP contribution is -2.50. The fourth-order valence-electron chi connectivity index (χ4n) is 2.73. The number of aliphatic hydroxyl groups is 3. The number of anilines is 1. The van der Waals surface area contributed by atoms with Gasteiger partial charge in [0.25, 0.3) is 0 Å². The highest BCUT2D eigenvalue weighted by atomic mass is 35.5. The Kier molecular flexibility index (Phi) is 4.92. The lowest BCUT2D eigenvalue weighted by atomic mass is 10.0. The molecule has 1 fully saturated rings. The molecule has 0 amide bonds. The molecule has 1 aromatic heterocycles. The fraction of sp³-hybridized carbons (Fsp3) is 0.533. The maximum absolute atomic E-state index is 10.4. The molecule has 0 aliphatic carbocycles. The van der Waals surface area contributed by atoms with E-state index in [1.807, 2.05) is 13.8 Å². The van der Waals surface area contributed by atoms with Gasteiger partial charge in [-0.05, 0) is 26.0 Å². The molecule has 0 saturated carbocycles. The number of hydrogen-bond acceptors (Lipinski definition) is 6. The van der Waals surface area contributed by atoms with Crippen molar-refractivity contribution in [2.75, 3.05) is 11.9 Å². The molecule has 1 aliphatic rings. The minimum absolute atomic E-state index is 0.0720. The number of rotatable bonds is 3. The Morgan fingerprint density at radius 2 is 1.88 bits per heavy atom. The van der Waals surface area contributed by atoms with Crippen LogP contribution in [0, 0.1) is 0 Å². The number of benzene rings is 1. The first-order valence-electron chi connectivity index (χ1n) is 7.59. The van der Waals surface area contributed by atoms with Crippen LogP contribution in [0.5, 0.6) is 0 Å². The molecule has 7 nitrogen and oxygen atoms in total. The van der Waals surface area contributed by atoms with E-state index in [0.29, 0.717) is 27.0 Å². The van der Waals surface area contributed by atoms with Crippen molar-refractivity contribution in [1.82, 2.24) is 9.55 Å². The first kappa shape index (κ1) is 17.7. The van der Waals surface area contributed by atoms with Crippen molar-refractivity contribution in [1.29, 1.82) is 0 Å². The summed E-state index contributed by atoms with van der Waals surface area (Å²) in [5.41, 5.74) is 1.17. The Balaban J connectivity index is 2.15. The van der Waals surface area contributed by atoms with Gasteiger partial charge in [-0.3, -0.25) is 4.57 Å². The van der Waals surface area contributed by atoms with E-state index in [9.17, 15) is 15.3 Å². The van der Waals surface area contributed by atoms with Gasteiger partial charge in [-0.1, -0.05) is 23.2 Å². The van der Waals surface area contributed by atoms with Crippen molar-refractivity contribution in [3.05, 3.63) is 22.2 Å². The highest BCUT2D eigenvalue weighted by Gasteiger charge is 2.40. The van der Waals surface area contributed by atoms with Crippen LogP contribution < -0.4 is 5.32 Å². The molecule has 3 rings (SSSR count). The molecule has 1 saturated heterocycles. The van der Waals surface area contributed by atoms with E-state index >= 15 is 0 Å². The molecule has 2 aromatic rings. The quantitative estimate of drug-likeness (QED) is 0.652. The minimum Gasteiger partial charge on any atom is -0.388 e. The van der Waals surface area contributed by atoms with Gasteiger partial charge >= 0.3 is 0 Å². The van der Waals surface area contributed by atoms with Crippen LogP contribution in [-0.2, 0) is 4.74 Å². The van der Waals surface area contributed by atoms with Crippen LogP contribution in [0.4, 0.5) is 5.95 Å². The van der Waals surface area contributed by atoms with Crippen molar-refractivity contribution in [3.63, 3.8) is 0 Å². The molecule has 24 heavy (non-hydrogen) atoms. The van der Waals surface area contributed by atoms with E-state index in [0.717, 1.165) is 0 Å². The second-order valence-corrected chi connectivity index (χ2v) is 6.95. The third-order valence-electron chi connectivity index (χ3n) is 3.88. The second kappa shape index (κ2) is 6.67. The molecule has 4 N–H and O–H groups in total. The summed E-state index contributed by atoms with van der Waals surface area (Å²) >= 11 is 12.2. The maximum Gasteiger partial charge on any atom is 0.206 e. The zero-order chi connectivity index (χ0) is 17.6. The van der Waals surface area contributed by atoms with Crippen LogP contribution in [0.25, 0.3) is 11.0 Å². The van der Waals surface area contributed by atoms with Gasteiger partial charge in [0.05, 0.1) is 27.7 Å². The Bertz CT molecular complexity index is 752. The van der Waals surface area contributed by atoms with Crippen LogP contribution in [0.15, 0.2) is 12.1 Å². The third-order valence-corrected chi connectivity index (χ3v) is 4.60. The highest BCUT2D eigenvalue weighted by Crippen LogP contribution is 2.35. The van der Waals surface area contributed by atoms with E-state index in [4.69, 9.17) is 27.9 Å². The number of hydrogen-bond donors (Lipinski definition) is 4. The Hall–Kier alpha value is -1.09. The number of aromatic nitrogens is 2. The molecule has 132 valence electrons. The first-order valence-corrected chi connectivity index (χ1v) is 8.34. The summed E-state index contributed by atoms with van der Waals surface area (Å²) in [6, 6.07) is 3.33. The van der Waals surface area contributed by atoms with Gasteiger partial charge in [-0.25, -0.2) is 4.98 Å². The molecule has 1 aromatic carbocycles. The summed E-state index contributed by atoms with van der Waals surface area (Å²) in [6.07, 6.45) is -4.72. The van der Waals surface area contributed by atoms with E-state index < -0.39 is 24.5 Å². The Labute approximate surface area is 148 Å². The Morgan fingerprint density at radius 3 is 2.54 bits per heavy atom. The van der Waals surface area contributed by atoms with Crippen molar-refractivity contribution < 1.29 is 20.1 Å². The molecule has 0 radical (unpaired) electrons. The zero-order valence-corrected chi connectivity index (χ0v) is 14.7. The molecule has 4 atom stereocenters. The molecule has 2 heterocycles. The SMILES string of the molecule is CC(C)Nc1nc2cc(Cl)c(Cl)cc2n1C1OCC(O)C(O)C1O. The molecule has 9 heteroatoms. The van der Waals surface area contributed by atoms with Crippen LogP contribution in [0.3, 0.4) is 0 Å². The number of imidazole rings is 1. The van der Waals surface area contributed by atoms with E-state index in [-0.39, 0.29) is 12.6 Å². The van der Waals surface area contributed by atoms with Crippen LogP contribution in [0.1, 0.15) is 20.1 Å². The van der Waals surface area contributed by atoms with Gasteiger partial charge in [0.1, 0.15) is 18.3 Å². The van der Waals surface area contributed by atoms with Crippen molar-refractivity contribution in [2.24, 2.45) is 0 Å². The average molecular weight is 376 g/mol. The normalized spacial score (nSPS) is 27.8. The number of fused-ring (bicyclic) bond motifs is 1. The molecule has 4 unspecified atom stereocenters. The lowest BCUT2D eigenvalue weighted by molar-refractivity contribution is -0.209. The summed E-state index contributed by atoms with van der Waals surface area (Å²) in [4.78, 5) is 4.48. The van der Waals surface area contributed by atoms with Gasteiger partial charge in [0.15, 0.2) is 6.23 Å². The predicted molar refractivity (Wildman–Crippen MR) is 91.5 cm³/mol. The third kappa shape index (κ3) is 3.08. The topological polar surface area (TPSA) is 99.8 Å². The number of nitrogens with zero attached hydrogens (tertiary/aromatic N) is 2. The number of halogens is 2. The number of aliphatic hydroxyl groups excluding tert-OH is 3. The maximum atomic E-state index is 10.4. The number of ether oxygens (including phenoxy) is 1. The molecular weight excluding hydrogens is 357 g/mol. The summed E-state index contributed by atoms with van der Waals surface area (Å²) in [7, 11) is 0. The first-order chi connectivity index (χ1) is 11.3. The second-order valence-electron chi connectivity index (χ2n) is 6.13. The lowest BCUT2D eigenvalue weighted by Gasteiger charge is -2.36. The summed E-state index contributed by atoms with van der Waals surface area (Å²) in [6.45, 7) is 3.78. The van der Waals surface area contributed by atoms with Crippen LogP contribution in [0.2, 0.25) is 10.0 Å². The molecule has 1 aliphatic heterocycles. The summed E-state index contributed by atoms with van der Waals surface area (Å²) < 4.78 is 7.19. The van der Waals surface area contributed by atoms with Gasteiger partial charge in [-0.2, -0.15) is 0 Å². The van der Waals surface area contributed by atoms with Crippen molar-refractivity contribution in [2.45, 2.75) is 44.4 Å². The molecule has 0 spiro atoms. The zero-order valence-electron chi connectivity index (χ0n) is 13.1. The van der Waals surface area contributed by atoms with E-state index in [2.05, 4.69) is 10.3 Å². The molecule has 0 bridgehead atoms. The minimum atomic E-state index is -1.33. The van der Waals surface area contributed by atoms with Gasteiger partial charge in [-0.15, -0.1) is 0 Å². The van der Waals surface area contributed by atoms with Crippen LogP contribution in [-0.4, -0.2) is 55.8 Å². The van der Waals surface area contributed by atoms with E-state index in [1.165, 1.54) is 0 Å². The number of nitrogens with one attached hydrogen (secondary N) is 1. The van der Waals surface area contributed by atoms with Gasteiger partial charge in [0.2, 0.25) is 5.95 Å². The Morgan fingerprint density at radius 1 is 1.21 bits per heavy atom. The van der Waals surface area contributed by atoms with E-state index in [1.54, 1.807) is 16.7 Å². The monoisotopic (exact) mass is 375 g/mol. The predicted octanol–water partition coefficient (Wildman–Crippen LogP) is 1.77. The molecular formula is C15H19Cl2N3O4. The standard InChI is InChI=1S/C15H19Cl2N3O4/c1-6(2)18-15-19-9-3-7(16)8(17)4-10(9)20(15)14-13(23)12(22)11(21)5-24-14/h3-4,6,11-14,21-23H,5H2,1-2H3,(H,18,19). The van der Waals surface area contributed by atoms with Crippen molar-refractivity contribution in [3.8, 4) is 0 Å².